The Morgan fingerprint density at radius 3 is 2.69 bits per heavy atom. The Balaban J connectivity index is 1.46. The number of nitrogens with zero attached hydrogens (tertiary/aromatic N) is 2. The van der Waals surface area contributed by atoms with Crippen molar-refractivity contribution >= 4 is 17.3 Å². The van der Waals surface area contributed by atoms with E-state index in [1.54, 1.807) is 0 Å². The molecule has 0 aliphatic carbocycles. The largest absolute Gasteiger partial charge is 0.354 e. The number of guanidine groups is 1. The van der Waals surface area contributed by atoms with Crippen LogP contribution in [0, 0.1) is 6.92 Å². The first-order chi connectivity index (χ1) is 12.6. The minimum Gasteiger partial charge on any atom is -0.354 e. The molecule has 0 spiro atoms. The Bertz CT molecular complexity index is 710. The van der Waals surface area contributed by atoms with Gasteiger partial charge in [-0.3, -0.25) is 9.89 Å². The van der Waals surface area contributed by atoms with Crippen molar-refractivity contribution in [2.45, 2.75) is 51.9 Å². The topological polar surface area (TPSA) is 39.7 Å². The van der Waals surface area contributed by atoms with E-state index in [9.17, 15) is 0 Å². The van der Waals surface area contributed by atoms with Crippen molar-refractivity contribution in [3.63, 3.8) is 0 Å². The molecular weight excluding hydrogens is 340 g/mol. The molecule has 26 heavy (non-hydrogen) atoms. The van der Waals surface area contributed by atoms with Gasteiger partial charge in [0, 0.05) is 42.0 Å². The highest BCUT2D eigenvalue weighted by Gasteiger charge is 2.25. The summed E-state index contributed by atoms with van der Waals surface area (Å²) in [6.45, 7) is 7.47. The average Bonchev–Trinajstić information content (AvgIpc) is 3.07. The Morgan fingerprint density at radius 2 is 2.04 bits per heavy atom. The fraction of sp³-hybridized carbons (Fsp3) is 0.476. The minimum atomic E-state index is 0.480. The van der Waals surface area contributed by atoms with Gasteiger partial charge < -0.3 is 10.6 Å². The third-order valence-electron chi connectivity index (χ3n) is 5.03. The lowest BCUT2D eigenvalue weighted by Gasteiger charge is -2.38. The first kappa shape index (κ1) is 18.9. The smallest absolute Gasteiger partial charge is 0.191 e. The van der Waals surface area contributed by atoms with Crippen molar-refractivity contribution in [1.29, 1.82) is 0 Å². The van der Waals surface area contributed by atoms with Gasteiger partial charge in [0.2, 0.25) is 0 Å². The number of aliphatic imine (C=N–C) groups is 1. The summed E-state index contributed by atoms with van der Waals surface area (Å²) in [4.78, 5) is 9.68. The zero-order chi connectivity index (χ0) is 18.4. The first-order valence-electron chi connectivity index (χ1n) is 9.44. The molecule has 4 nitrogen and oxygen atoms in total. The van der Waals surface area contributed by atoms with Gasteiger partial charge in [0.05, 0.1) is 6.54 Å². The molecule has 1 aromatic heterocycles. The van der Waals surface area contributed by atoms with Crippen LogP contribution in [-0.2, 0) is 13.1 Å². The van der Waals surface area contributed by atoms with E-state index in [0.717, 1.165) is 38.4 Å². The van der Waals surface area contributed by atoms with Crippen molar-refractivity contribution in [3.05, 3.63) is 57.8 Å². The van der Waals surface area contributed by atoms with Crippen LogP contribution in [0.5, 0.6) is 0 Å². The van der Waals surface area contributed by atoms with Crippen molar-refractivity contribution in [3.8, 4) is 0 Å². The quantitative estimate of drug-likeness (QED) is 0.622. The molecule has 3 rings (SSSR count). The number of rotatable bonds is 5. The van der Waals surface area contributed by atoms with Crippen molar-refractivity contribution < 1.29 is 0 Å². The van der Waals surface area contributed by atoms with Gasteiger partial charge in [-0.15, -0.1) is 11.3 Å². The predicted octanol–water partition coefficient (Wildman–Crippen LogP) is 3.77. The van der Waals surface area contributed by atoms with Crippen LogP contribution in [0.15, 0.2) is 47.5 Å². The number of thiophene rings is 1. The first-order valence-corrected chi connectivity index (χ1v) is 10.3. The second kappa shape index (κ2) is 9.19. The maximum Gasteiger partial charge on any atom is 0.191 e. The average molecular weight is 371 g/mol. The fourth-order valence-corrected chi connectivity index (χ4v) is 4.37. The zero-order valence-corrected chi connectivity index (χ0v) is 16.9. The fourth-order valence-electron chi connectivity index (χ4n) is 3.54. The Morgan fingerprint density at radius 1 is 1.23 bits per heavy atom. The monoisotopic (exact) mass is 370 g/mol. The van der Waals surface area contributed by atoms with Crippen LogP contribution < -0.4 is 10.6 Å². The second-order valence-electron chi connectivity index (χ2n) is 7.11. The van der Waals surface area contributed by atoms with E-state index in [1.165, 1.54) is 15.3 Å². The van der Waals surface area contributed by atoms with Crippen LogP contribution in [-0.4, -0.2) is 36.5 Å². The van der Waals surface area contributed by atoms with Gasteiger partial charge in [0.1, 0.15) is 0 Å². The van der Waals surface area contributed by atoms with Crippen LogP contribution in [0.2, 0.25) is 0 Å². The summed E-state index contributed by atoms with van der Waals surface area (Å²) in [6.07, 6.45) is 2.29. The van der Waals surface area contributed by atoms with Crippen LogP contribution in [0.1, 0.15) is 35.1 Å². The van der Waals surface area contributed by atoms with Crippen molar-refractivity contribution in [2.75, 3.05) is 13.6 Å². The van der Waals surface area contributed by atoms with Crippen LogP contribution in [0.4, 0.5) is 0 Å². The van der Waals surface area contributed by atoms with Gasteiger partial charge in [-0.25, -0.2) is 0 Å². The molecule has 0 saturated carbocycles. The summed E-state index contributed by atoms with van der Waals surface area (Å²) >= 11 is 1.84. The van der Waals surface area contributed by atoms with Crippen LogP contribution >= 0.6 is 11.3 Å². The molecule has 1 fully saturated rings. The van der Waals surface area contributed by atoms with E-state index in [4.69, 9.17) is 0 Å². The minimum absolute atomic E-state index is 0.480. The van der Waals surface area contributed by atoms with Crippen LogP contribution in [0.25, 0.3) is 0 Å². The van der Waals surface area contributed by atoms with E-state index < -0.39 is 0 Å². The molecule has 5 heteroatoms. The summed E-state index contributed by atoms with van der Waals surface area (Å²) in [6, 6.07) is 16.2. The maximum absolute atomic E-state index is 4.40. The highest BCUT2D eigenvalue weighted by Crippen LogP contribution is 2.20. The molecule has 1 aliphatic heterocycles. The van der Waals surface area contributed by atoms with E-state index in [0.29, 0.717) is 12.1 Å². The van der Waals surface area contributed by atoms with E-state index in [-0.39, 0.29) is 0 Å². The molecular formula is C21H30N4S. The van der Waals surface area contributed by atoms with E-state index in [2.05, 4.69) is 76.8 Å². The summed E-state index contributed by atoms with van der Waals surface area (Å²) in [5, 5.41) is 7.06. The SMILES string of the molecule is CN=C(NCc1ccc(C)s1)NC1CCN(Cc2ccccc2)C(C)C1. The molecule has 0 amide bonds. The van der Waals surface area contributed by atoms with E-state index in [1.807, 2.05) is 18.4 Å². The highest BCUT2D eigenvalue weighted by molar-refractivity contribution is 7.11. The molecule has 1 saturated heterocycles. The predicted molar refractivity (Wildman–Crippen MR) is 112 cm³/mol. The number of aryl methyl sites for hydroxylation is 1. The normalized spacial score (nSPS) is 21.6. The zero-order valence-electron chi connectivity index (χ0n) is 16.0. The van der Waals surface area contributed by atoms with Gasteiger partial charge in [0.15, 0.2) is 5.96 Å². The molecule has 140 valence electrons. The molecule has 0 bridgehead atoms. The van der Waals surface area contributed by atoms with Gasteiger partial charge in [-0.2, -0.15) is 0 Å². The molecule has 1 aliphatic rings. The standard InChI is InChI=1S/C21H30N4S/c1-16-13-19(11-12-25(16)15-18-7-5-4-6-8-18)24-21(22-3)23-14-20-10-9-17(2)26-20/h4-10,16,19H,11-15H2,1-3H3,(H2,22,23,24). The number of hydrogen-bond donors (Lipinski definition) is 2. The third-order valence-corrected chi connectivity index (χ3v) is 6.03. The lowest BCUT2D eigenvalue weighted by Crippen LogP contribution is -2.51. The maximum atomic E-state index is 4.40. The van der Waals surface area contributed by atoms with Gasteiger partial charge >= 0.3 is 0 Å². The van der Waals surface area contributed by atoms with Crippen molar-refractivity contribution in [2.24, 2.45) is 4.99 Å². The lowest BCUT2D eigenvalue weighted by molar-refractivity contribution is 0.134. The molecule has 2 aromatic rings. The number of likely N-dealkylation sites (tertiary alicyclic amines) is 1. The molecule has 1 aromatic carbocycles. The third kappa shape index (κ3) is 5.32. The summed E-state index contributed by atoms with van der Waals surface area (Å²) in [5.74, 6) is 0.907. The van der Waals surface area contributed by atoms with Gasteiger partial charge in [0.25, 0.3) is 0 Å². The van der Waals surface area contributed by atoms with Crippen LogP contribution in [0.3, 0.4) is 0 Å². The Hall–Kier alpha value is -1.85. The number of hydrogen-bond acceptors (Lipinski definition) is 3. The Labute approximate surface area is 161 Å². The molecule has 2 N–H and O–H groups in total. The lowest BCUT2D eigenvalue weighted by atomic mass is 9.97. The van der Waals surface area contributed by atoms with Gasteiger partial charge in [-0.05, 0) is 44.4 Å². The van der Waals surface area contributed by atoms with Gasteiger partial charge in [-0.1, -0.05) is 30.3 Å². The molecule has 2 unspecified atom stereocenters. The number of nitrogens with one attached hydrogen (secondary N) is 2. The highest BCUT2D eigenvalue weighted by atomic mass is 32.1. The number of benzene rings is 1. The molecule has 0 radical (unpaired) electrons. The second-order valence-corrected chi connectivity index (χ2v) is 8.48. The summed E-state index contributed by atoms with van der Waals surface area (Å²) < 4.78 is 0. The molecule has 2 atom stereocenters. The Kier molecular flexibility index (Phi) is 6.69. The molecule has 2 heterocycles. The summed E-state index contributed by atoms with van der Waals surface area (Å²) in [5.41, 5.74) is 1.40. The van der Waals surface area contributed by atoms with E-state index >= 15 is 0 Å². The summed E-state index contributed by atoms with van der Waals surface area (Å²) in [7, 11) is 1.85. The van der Waals surface area contributed by atoms with Crippen molar-refractivity contribution in [1.82, 2.24) is 15.5 Å². The number of piperidine rings is 1.